The van der Waals surface area contributed by atoms with Crippen molar-refractivity contribution in [2.24, 2.45) is 5.73 Å². The van der Waals surface area contributed by atoms with Gasteiger partial charge in [0, 0.05) is 13.0 Å². The summed E-state index contributed by atoms with van der Waals surface area (Å²) in [6, 6.07) is 6.90. The zero-order valence-electron chi connectivity index (χ0n) is 13.3. The fourth-order valence-corrected chi connectivity index (χ4v) is 1.81. The molecule has 24 heavy (non-hydrogen) atoms. The average molecular weight is 332 g/mol. The monoisotopic (exact) mass is 332 g/mol. The van der Waals surface area contributed by atoms with Crippen LogP contribution in [0, 0.1) is 11.3 Å². The Morgan fingerprint density at radius 3 is 2.46 bits per heavy atom. The summed E-state index contributed by atoms with van der Waals surface area (Å²) in [4.78, 5) is 34.0. The summed E-state index contributed by atoms with van der Waals surface area (Å²) >= 11 is 0. The molecular formula is C16H20N4O4. The van der Waals surface area contributed by atoms with Crippen molar-refractivity contribution in [2.45, 2.75) is 38.4 Å². The van der Waals surface area contributed by atoms with Gasteiger partial charge in [-0.05, 0) is 31.0 Å². The normalized spacial score (nSPS) is 12.5. The molecule has 1 aromatic rings. The van der Waals surface area contributed by atoms with Crippen LogP contribution in [0.25, 0.3) is 0 Å². The van der Waals surface area contributed by atoms with Crippen molar-refractivity contribution in [2.75, 3.05) is 0 Å². The summed E-state index contributed by atoms with van der Waals surface area (Å²) < 4.78 is 0. The van der Waals surface area contributed by atoms with Gasteiger partial charge in [-0.25, -0.2) is 0 Å². The van der Waals surface area contributed by atoms with Crippen molar-refractivity contribution in [1.29, 1.82) is 5.26 Å². The molecule has 0 aromatic heterocycles. The van der Waals surface area contributed by atoms with E-state index in [1.54, 1.807) is 24.3 Å². The molecule has 0 aliphatic rings. The maximum absolute atomic E-state index is 11.9. The fraction of sp³-hybridized carbons (Fsp3) is 0.375. The fourth-order valence-electron chi connectivity index (χ4n) is 1.81. The number of hydrogen-bond acceptors (Lipinski definition) is 5. The Morgan fingerprint density at radius 1 is 1.29 bits per heavy atom. The van der Waals surface area contributed by atoms with Gasteiger partial charge in [0.2, 0.25) is 11.8 Å². The number of carboxylic acid groups (broad SMARTS) is 1. The number of hydrogen-bond donors (Lipinski definition) is 4. The Bertz CT molecular complexity index is 636. The topological polar surface area (TPSA) is 145 Å². The maximum atomic E-state index is 11.9. The SMILES string of the molecule is C[C@@H](NC(=O)CC[C@H](N)C(=O)NCc1ccc(C#N)cc1)C(=O)O. The highest BCUT2D eigenvalue weighted by Crippen LogP contribution is 2.03. The van der Waals surface area contributed by atoms with E-state index in [2.05, 4.69) is 10.6 Å². The number of carboxylic acids is 1. The second-order valence-electron chi connectivity index (χ2n) is 5.30. The molecule has 5 N–H and O–H groups in total. The third kappa shape index (κ3) is 6.46. The molecule has 0 aliphatic heterocycles. The number of carbonyl (C=O) groups excluding carboxylic acids is 2. The molecule has 2 amide bonds. The van der Waals surface area contributed by atoms with Crippen LogP contribution in [0.15, 0.2) is 24.3 Å². The van der Waals surface area contributed by atoms with Gasteiger partial charge in [0.25, 0.3) is 0 Å². The molecule has 0 aliphatic carbocycles. The quantitative estimate of drug-likeness (QED) is 0.522. The van der Waals surface area contributed by atoms with E-state index in [4.69, 9.17) is 16.1 Å². The first-order valence-corrected chi connectivity index (χ1v) is 7.38. The Hall–Kier alpha value is -2.92. The molecular weight excluding hydrogens is 312 g/mol. The third-order valence-electron chi connectivity index (χ3n) is 3.32. The summed E-state index contributed by atoms with van der Waals surface area (Å²) in [5, 5.41) is 22.3. The van der Waals surface area contributed by atoms with Gasteiger partial charge in [-0.3, -0.25) is 14.4 Å². The highest BCUT2D eigenvalue weighted by molar-refractivity contribution is 5.85. The average Bonchev–Trinajstić information content (AvgIpc) is 2.57. The predicted octanol–water partition coefficient (Wildman–Crippen LogP) is -0.129. The lowest BCUT2D eigenvalue weighted by Crippen LogP contribution is -2.42. The minimum absolute atomic E-state index is 0.0386. The first-order valence-electron chi connectivity index (χ1n) is 7.38. The standard InChI is InChI=1S/C16H20N4O4/c1-10(16(23)24)20-14(21)7-6-13(18)15(22)19-9-12-4-2-11(8-17)3-5-12/h2-5,10,13H,6-7,9,18H2,1H3,(H,19,22)(H,20,21)(H,23,24)/t10-,13+/m1/s1. The Morgan fingerprint density at radius 2 is 1.92 bits per heavy atom. The molecule has 8 nitrogen and oxygen atoms in total. The number of nitrogens with two attached hydrogens (primary N) is 1. The van der Waals surface area contributed by atoms with Crippen LogP contribution in [0.5, 0.6) is 0 Å². The minimum atomic E-state index is -1.13. The maximum Gasteiger partial charge on any atom is 0.325 e. The number of nitrogens with zero attached hydrogens (tertiary/aromatic N) is 1. The molecule has 2 atom stereocenters. The van der Waals surface area contributed by atoms with Crippen molar-refractivity contribution in [3.8, 4) is 6.07 Å². The number of carbonyl (C=O) groups is 3. The molecule has 1 rings (SSSR count). The number of rotatable bonds is 8. The van der Waals surface area contributed by atoms with Crippen LogP contribution < -0.4 is 16.4 Å². The highest BCUT2D eigenvalue weighted by Gasteiger charge is 2.17. The van der Waals surface area contributed by atoms with Gasteiger partial charge in [0.15, 0.2) is 0 Å². The van der Waals surface area contributed by atoms with Gasteiger partial charge in [-0.1, -0.05) is 12.1 Å². The molecule has 0 radical (unpaired) electrons. The lowest BCUT2D eigenvalue weighted by Gasteiger charge is -2.13. The van der Waals surface area contributed by atoms with E-state index in [0.717, 1.165) is 5.56 Å². The van der Waals surface area contributed by atoms with Gasteiger partial charge in [-0.2, -0.15) is 5.26 Å². The molecule has 0 spiro atoms. The van der Waals surface area contributed by atoms with E-state index in [0.29, 0.717) is 5.56 Å². The van der Waals surface area contributed by atoms with Crippen molar-refractivity contribution >= 4 is 17.8 Å². The third-order valence-corrected chi connectivity index (χ3v) is 3.32. The van der Waals surface area contributed by atoms with Crippen LogP contribution >= 0.6 is 0 Å². The molecule has 0 unspecified atom stereocenters. The summed E-state index contributed by atoms with van der Waals surface area (Å²) in [6.07, 6.45) is 0.0699. The summed E-state index contributed by atoms with van der Waals surface area (Å²) in [6.45, 7) is 1.62. The molecule has 0 heterocycles. The van der Waals surface area contributed by atoms with E-state index in [1.165, 1.54) is 6.92 Å². The number of amides is 2. The van der Waals surface area contributed by atoms with E-state index in [-0.39, 0.29) is 19.4 Å². The summed E-state index contributed by atoms with van der Waals surface area (Å²) in [5.74, 6) is -2.01. The second kappa shape index (κ2) is 9.27. The van der Waals surface area contributed by atoms with Crippen molar-refractivity contribution in [3.05, 3.63) is 35.4 Å². The van der Waals surface area contributed by atoms with Gasteiger partial charge < -0.3 is 21.5 Å². The molecule has 0 fully saturated rings. The minimum Gasteiger partial charge on any atom is -0.480 e. The van der Waals surface area contributed by atoms with Crippen molar-refractivity contribution < 1.29 is 19.5 Å². The van der Waals surface area contributed by atoms with Gasteiger partial charge >= 0.3 is 5.97 Å². The molecule has 0 saturated carbocycles. The van der Waals surface area contributed by atoms with Crippen LogP contribution in [0.4, 0.5) is 0 Å². The van der Waals surface area contributed by atoms with Gasteiger partial charge in [0.1, 0.15) is 6.04 Å². The van der Waals surface area contributed by atoms with Crippen LogP contribution in [0.1, 0.15) is 30.9 Å². The van der Waals surface area contributed by atoms with Crippen molar-refractivity contribution in [3.63, 3.8) is 0 Å². The van der Waals surface area contributed by atoms with Crippen LogP contribution in [-0.2, 0) is 20.9 Å². The zero-order chi connectivity index (χ0) is 18.1. The largest absolute Gasteiger partial charge is 0.480 e. The van der Waals surface area contributed by atoms with Crippen LogP contribution in [0.2, 0.25) is 0 Å². The Labute approximate surface area is 139 Å². The predicted molar refractivity (Wildman–Crippen MR) is 85.5 cm³/mol. The molecule has 8 heteroatoms. The Balaban J connectivity index is 2.35. The second-order valence-corrected chi connectivity index (χ2v) is 5.30. The molecule has 0 saturated heterocycles. The summed E-state index contributed by atoms with van der Waals surface area (Å²) in [7, 11) is 0. The number of nitriles is 1. The number of nitrogens with one attached hydrogen (secondary N) is 2. The first-order chi connectivity index (χ1) is 11.3. The lowest BCUT2D eigenvalue weighted by atomic mass is 10.1. The number of benzene rings is 1. The smallest absolute Gasteiger partial charge is 0.325 e. The van der Waals surface area contributed by atoms with E-state index in [9.17, 15) is 14.4 Å². The van der Waals surface area contributed by atoms with E-state index in [1.807, 2.05) is 6.07 Å². The molecule has 1 aromatic carbocycles. The van der Waals surface area contributed by atoms with E-state index < -0.39 is 29.9 Å². The van der Waals surface area contributed by atoms with Crippen molar-refractivity contribution in [1.82, 2.24) is 10.6 Å². The zero-order valence-corrected chi connectivity index (χ0v) is 13.3. The van der Waals surface area contributed by atoms with Crippen LogP contribution in [-0.4, -0.2) is 35.0 Å². The van der Waals surface area contributed by atoms with E-state index >= 15 is 0 Å². The van der Waals surface area contributed by atoms with Gasteiger partial charge in [0.05, 0.1) is 17.7 Å². The first kappa shape index (κ1) is 19.1. The lowest BCUT2D eigenvalue weighted by molar-refractivity contribution is -0.141. The van der Waals surface area contributed by atoms with Crippen LogP contribution in [0.3, 0.4) is 0 Å². The number of aliphatic carboxylic acids is 1. The summed E-state index contributed by atoms with van der Waals surface area (Å²) in [5.41, 5.74) is 7.07. The highest BCUT2D eigenvalue weighted by atomic mass is 16.4. The Kier molecular flexibility index (Phi) is 7.39. The van der Waals surface area contributed by atoms with Gasteiger partial charge in [-0.15, -0.1) is 0 Å². The molecule has 128 valence electrons. The molecule has 0 bridgehead atoms.